The van der Waals surface area contributed by atoms with E-state index in [1.165, 1.54) is 0 Å². The number of aryl methyl sites for hydroxylation is 1. The van der Waals surface area contributed by atoms with E-state index in [9.17, 15) is 24.0 Å². The number of hydrogen-bond donors (Lipinski definition) is 5. The van der Waals surface area contributed by atoms with E-state index in [4.69, 9.17) is 15.9 Å². The van der Waals surface area contributed by atoms with Gasteiger partial charge >= 0.3 is 11.9 Å². The second-order valence-corrected chi connectivity index (χ2v) is 8.35. The molecule has 0 aliphatic carbocycles. The van der Waals surface area contributed by atoms with Crippen LogP contribution in [0.1, 0.15) is 50.2 Å². The number of carboxylic acid groups (broad SMARTS) is 2. The summed E-state index contributed by atoms with van der Waals surface area (Å²) in [6.45, 7) is 1.96. The number of hydrogen-bond acceptors (Lipinski definition) is 6. The summed E-state index contributed by atoms with van der Waals surface area (Å²) in [6.07, 6.45) is 3.26. The zero-order chi connectivity index (χ0) is 25.7. The molecule has 0 radical (unpaired) electrons. The molecule has 0 bridgehead atoms. The van der Waals surface area contributed by atoms with Gasteiger partial charge in [0.05, 0.1) is 0 Å². The monoisotopic (exact) mass is 493 g/mol. The fourth-order valence-electron chi connectivity index (χ4n) is 3.12. The highest BCUT2D eigenvalue weighted by Crippen LogP contribution is 2.25. The lowest BCUT2D eigenvalue weighted by atomic mass is 10.1. The summed E-state index contributed by atoms with van der Waals surface area (Å²) in [4.78, 5) is 59.5. The van der Waals surface area contributed by atoms with E-state index in [0.29, 0.717) is 6.42 Å². The SMILES string of the molecule is CC=C(SC)c1ccc(CCC(=O)NC(CCC(=O)O)C(=O)NC(CCC(=O)O)C(N)=O)cc1. The molecule has 1 rings (SSSR count). The van der Waals surface area contributed by atoms with E-state index in [2.05, 4.69) is 10.6 Å². The maximum absolute atomic E-state index is 12.6. The molecule has 11 heteroatoms. The lowest BCUT2D eigenvalue weighted by Crippen LogP contribution is -2.53. The average Bonchev–Trinajstić information content (AvgIpc) is 2.78. The van der Waals surface area contributed by atoms with Crippen molar-refractivity contribution in [2.45, 2.75) is 57.5 Å². The molecule has 0 saturated heterocycles. The molecule has 0 aliphatic rings. The molecule has 10 nitrogen and oxygen atoms in total. The lowest BCUT2D eigenvalue weighted by Gasteiger charge is -2.21. The Bertz CT molecular complexity index is 916. The zero-order valence-corrected chi connectivity index (χ0v) is 20.0. The molecule has 1 aromatic rings. The fraction of sp³-hybridized carbons (Fsp3) is 0.435. The molecule has 0 aromatic heterocycles. The number of carbonyl (C=O) groups is 5. The fourth-order valence-corrected chi connectivity index (χ4v) is 3.73. The molecular formula is C23H31N3O7S. The van der Waals surface area contributed by atoms with E-state index in [0.717, 1.165) is 16.0 Å². The van der Waals surface area contributed by atoms with E-state index in [-0.39, 0.29) is 25.7 Å². The smallest absolute Gasteiger partial charge is 0.303 e. The lowest BCUT2D eigenvalue weighted by molar-refractivity contribution is -0.139. The Labute approximate surface area is 202 Å². The van der Waals surface area contributed by atoms with Gasteiger partial charge in [0.2, 0.25) is 17.7 Å². The van der Waals surface area contributed by atoms with Gasteiger partial charge in [0.25, 0.3) is 0 Å². The summed E-state index contributed by atoms with van der Waals surface area (Å²) in [5.74, 6) is -4.52. The number of aliphatic carboxylic acids is 2. The van der Waals surface area contributed by atoms with Crippen LogP contribution >= 0.6 is 11.8 Å². The molecular weight excluding hydrogens is 462 g/mol. The Morgan fingerprint density at radius 2 is 1.50 bits per heavy atom. The molecule has 3 amide bonds. The maximum atomic E-state index is 12.6. The van der Waals surface area contributed by atoms with Gasteiger partial charge in [0.1, 0.15) is 12.1 Å². The summed E-state index contributed by atoms with van der Waals surface area (Å²) >= 11 is 1.63. The van der Waals surface area contributed by atoms with Crippen molar-refractivity contribution in [3.05, 3.63) is 41.5 Å². The van der Waals surface area contributed by atoms with E-state index < -0.39 is 48.2 Å². The van der Waals surface area contributed by atoms with Crippen molar-refractivity contribution in [1.82, 2.24) is 10.6 Å². The zero-order valence-electron chi connectivity index (χ0n) is 19.2. The highest BCUT2D eigenvalue weighted by molar-refractivity contribution is 8.07. The molecule has 0 spiro atoms. The first kappa shape index (κ1) is 28.7. The van der Waals surface area contributed by atoms with Crippen LogP contribution in [0.3, 0.4) is 0 Å². The van der Waals surface area contributed by atoms with Gasteiger partial charge in [0, 0.05) is 24.2 Å². The van der Waals surface area contributed by atoms with Gasteiger partial charge in [-0.1, -0.05) is 30.3 Å². The van der Waals surface area contributed by atoms with Crippen LogP contribution in [0.5, 0.6) is 0 Å². The third-order valence-electron chi connectivity index (χ3n) is 4.97. The summed E-state index contributed by atoms with van der Waals surface area (Å²) in [7, 11) is 0. The third kappa shape index (κ3) is 10.5. The van der Waals surface area contributed by atoms with Crippen molar-refractivity contribution in [3.63, 3.8) is 0 Å². The number of nitrogens with two attached hydrogens (primary N) is 1. The molecule has 2 unspecified atom stereocenters. The summed E-state index contributed by atoms with van der Waals surface area (Å²) in [5.41, 5.74) is 7.21. The van der Waals surface area contributed by atoms with Crippen LogP contribution in [0.25, 0.3) is 4.91 Å². The number of carboxylic acids is 2. The van der Waals surface area contributed by atoms with Crippen molar-refractivity contribution in [2.75, 3.05) is 6.26 Å². The topological polar surface area (TPSA) is 176 Å². The largest absolute Gasteiger partial charge is 0.481 e. The molecule has 186 valence electrons. The van der Waals surface area contributed by atoms with Gasteiger partial charge < -0.3 is 26.6 Å². The Hall–Kier alpha value is -3.34. The van der Waals surface area contributed by atoms with Crippen LogP contribution in [0.4, 0.5) is 0 Å². The van der Waals surface area contributed by atoms with Crippen LogP contribution in [0.15, 0.2) is 30.3 Å². The minimum Gasteiger partial charge on any atom is -0.481 e. The Morgan fingerprint density at radius 3 is 1.97 bits per heavy atom. The third-order valence-corrected chi connectivity index (χ3v) is 5.88. The number of amides is 3. The van der Waals surface area contributed by atoms with Crippen LogP contribution in [0.2, 0.25) is 0 Å². The Kier molecular flexibility index (Phi) is 12.4. The second-order valence-electron chi connectivity index (χ2n) is 7.50. The number of benzene rings is 1. The standard InChI is InChI=1S/C23H31N3O7S/c1-3-18(34-2)15-7-4-14(5-8-15)6-11-19(27)25-17(10-13-21(30)31)23(33)26-16(22(24)32)9-12-20(28)29/h3-5,7-8,16-17H,6,9-13H2,1-2H3,(H2,24,32)(H,25,27)(H,26,33)(H,28,29)(H,30,31). The molecule has 34 heavy (non-hydrogen) atoms. The van der Waals surface area contributed by atoms with Crippen molar-refractivity contribution in [3.8, 4) is 0 Å². The normalized spacial score (nSPS) is 12.9. The van der Waals surface area contributed by atoms with Gasteiger partial charge in [-0.15, -0.1) is 11.8 Å². The number of rotatable bonds is 15. The Morgan fingerprint density at radius 1 is 0.941 bits per heavy atom. The van der Waals surface area contributed by atoms with Crippen LogP contribution < -0.4 is 16.4 Å². The number of carbonyl (C=O) groups excluding carboxylic acids is 3. The predicted octanol–water partition coefficient (Wildman–Crippen LogP) is 1.53. The van der Waals surface area contributed by atoms with Crippen molar-refractivity contribution >= 4 is 46.3 Å². The summed E-state index contributed by atoms with van der Waals surface area (Å²) in [6, 6.07) is 5.28. The van der Waals surface area contributed by atoms with E-state index in [1.807, 2.05) is 43.5 Å². The van der Waals surface area contributed by atoms with Crippen molar-refractivity contribution in [2.24, 2.45) is 5.73 Å². The van der Waals surface area contributed by atoms with Gasteiger partial charge in [0.15, 0.2) is 0 Å². The number of allylic oxidation sites excluding steroid dienone is 1. The van der Waals surface area contributed by atoms with Gasteiger partial charge in [-0.3, -0.25) is 24.0 Å². The first-order chi connectivity index (χ1) is 16.1. The predicted molar refractivity (Wildman–Crippen MR) is 129 cm³/mol. The van der Waals surface area contributed by atoms with Gasteiger partial charge in [-0.2, -0.15) is 0 Å². The van der Waals surface area contributed by atoms with Crippen molar-refractivity contribution in [1.29, 1.82) is 0 Å². The van der Waals surface area contributed by atoms with Crippen LogP contribution in [-0.2, 0) is 30.4 Å². The summed E-state index contributed by atoms with van der Waals surface area (Å²) in [5, 5.41) is 22.6. The molecule has 1 aromatic carbocycles. The maximum Gasteiger partial charge on any atom is 0.303 e. The quantitative estimate of drug-likeness (QED) is 0.244. The van der Waals surface area contributed by atoms with Gasteiger partial charge in [-0.25, -0.2) is 0 Å². The molecule has 6 N–H and O–H groups in total. The minimum absolute atomic E-state index is 0.0630. The van der Waals surface area contributed by atoms with Crippen LogP contribution in [0, 0.1) is 0 Å². The molecule has 0 saturated carbocycles. The average molecular weight is 494 g/mol. The van der Waals surface area contributed by atoms with E-state index in [1.54, 1.807) is 11.8 Å². The number of thioether (sulfide) groups is 1. The first-order valence-corrected chi connectivity index (χ1v) is 11.9. The highest BCUT2D eigenvalue weighted by atomic mass is 32.2. The van der Waals surface area contributed by atoms with Gasteiger partial charge in [-0.05, 0) is 43.6 Å². The number of primary amides is 1. The molecule has 2 atom stereocenters. The summed E-state index contributed by atoms with van der Waals surface area (Å²) < 4.78 is 0. The molecule has 0 fully saturated rings. The molecule has 0 aliphatic heterocycles. The number of nitrogens with one attached hydrogen (secondary N) is 2. The minimum atomic E-state index is -1.25. The first-order valence-electron chi connectivity index (χ1n) is 10.7. The highest BCUT2D eigenvalue weighted by Gasteiger charge is 2.26. The van der Waals surface area contributed by atoms with Crippen LogP contribution in [-0.4, -0.2) is 58.2 Å². The second kappa shape index (κ2) is 14.7. The van der Waals surface area contributed by atoms with Crippen molar-refractivity contribution < 1.29 is 34.2 Å². The van der Waals surface area contributed by atoms with E-state index >= 15 is 0 Å². The Balaban J connectivity index is 2.77. The molecule has 0 heterocycles.